The summed E-state index contributed by atoms with van der Waals surface area (Å²) in [5.41, 5.74) is 4.59. The quantitative estimate of drug-likeness (QED) is 0.127. The second-order valence-corrected chi connectivity index (χ2v) is 16.0. The number of allylic oxidation sites excluding steroid dienone is 2. The third kappa shape index (κ3) is 5.17. The molecule has 6 rings (SSSR count). The highest BCUT2D eigenvalue weighted by molar-refractivity contribution is 5.94. The minimum atomic E-state index is -0.641. The van der Waals surface area contributed by atoms with E-state index < -0.39 is 17.4 Å². The van der Waals surface area contributed by atoms with E-state index in [9.17, 15) is 30.0 Å². The summed E-state index contributed by atoms with van der Waals surface area (Å²) in [6.07, 6.45) is 10.0. The van der Waals surface area contributed by atoms with E-state index in [1.165, 1.54) is 17.2 Å². The number of aryl methyl sites for hydroxylation is 1. The molecule has 6 atom stereocenters. The van der Waals surface area contributed by atoms with Crippen LogP contribution < -0.4 is 0 Å². The Balaban J connectivity index is 0.000000261. The molecule has 0 bridgehead atoms. The van der Waals surface area contributed by atoms with Crippen LogP contribution in [-0.2, 0) is 21.4 Å². The first-order chi connectivity index (χ1) is 21.8. The maximum Gasteiger partial charge on any atom is 0.342 e. The Morgan fingerprint density at radius 1 is 0.872 bits per heavy atom. The predicted octanol–water partition coefficient (Wildman–Crippen LogP) is 8.23. The van der Waals surface area contributed by atoms with Gasteiger partial charge >= 0.3 is 11.9 Å². The number of carboxylic acid groups (broad SMARTS) is 1. The minimum absolute atomic E-state index is 0.00431. The maximum absolute atomic E-state index is 12.3. The van der Waals surface area contributed by atoms with Crippen LogP contribution in [0.2, 0.25) is 0 Å². The van der Waals surface area contributed by atoms with Crippen LogP contribution in [0.5, 0.6) is 23.0 Å². The van der Waals surface area contributed by atoms with E-state index in [2.05, 4.69) is 33.8 Å². The number of hydrogen-bond donors (Lipinski definition) is 5. The lowest BCUT2D eigenvalue weighted by atomic mass is 9.34. The highest BCUT2D eigenvalue weighted by Gasteiger charge is 2.67. The summed E-state index contributed by atoms with van der Waals surface area (Å²) in [5.74, 6) is -1.20. The van der Waals surface area contributed by atoms with Crippen molar-refractivity contribution in [2.45, 2.75) is 112 Å². The summed E-state index contributed by atoms with van der Waals surface area (Å²) in [5, 5.41) is 49.4. The molecule has 3 fully saturated rings. The van der Waals surface area contributed by atoms with Crippen LogP contribution in [0.3, 0.4) is 0 Å². The van der Waals surface area contributed by atoms with Crippen LogP contribution in [0.15, 0.2) is 29.8 Å². The maximum atomic E-state index is 12.3. The van der Waals surface area contributed by atoms with Gasteiger partial charge in [0.15, 0.2) is 11.5 Å². The van der Waals surface area contributed by atoms with Gasteiger partial charge in [-0.25, -0.2) is 4.79 Å². The first-order valence-electron chi connectivity index (χ1n) is 17.0. The van der Waals surface area contributed by atoms with E-state index in [4.69, 9.17) is 9.84 Å². The number of benzene rings is 2. The van der Waals surface area contributed by atoms with E-state index in [1.807, 2.05) is 19.9 Å². The molecule has 256 valence electrons. The van der Waals surface area contributed by atoms with Crippen molar-refractivity contribution >= 4 is 11.9 Å². The zero-order valence-corrected chi connectivity index (χ0v) is 29.2. The molecule has 8 nitrogen and oxygen atoms in total. The highest BCUT2D eigenvalue weighted by atomic mass is 16.5. The van der Waals surface area contributed by atoms with Gasteiger partial charge in [0.25, 0.3) is 0 Å². The number of ether oxygens (including phenoxy) is 1. The molecule has 2 aromatic carbocycles. The Labute approximate surface area is 278 Å². The van der Waals surface area contributed by atoms with Crippen molar-refractivity contribution in [3.8, 4) is 23.0 Å². The first-order valence-corrected chi connectivity index (χ1v) is 17.0. The molecule has 6 unspecified atom stereocenters. The number of phenols is 4. The van der Waals surface area contributed by atoms with Crippen LogP contribution in [0, 0.1) is 41.4 Å². The zero-order chi connectivity index (χ0) is 34.9. The fourth-order valence-corrected chi connectivity index (χ4v) is 10.1. The minimum Gasteiger partial charge on any atom is -0.508 e. The van der Waals surface area contributed by atoms with Crippen molar-refractivity contribution < 1.29 is 39.9 Å². The Hall–Kier alpha value is -3.68. The molecule has 4 aliphatic carbocycles. The van der Waals surface area contributed by atoms with Gasteiger partial charge < -0.3 is 30.3 Å². The van der Waals surface area contributed by atoms with Gasteiger partial charge in [-0.3, -0.25) is 4.79 Å². The molecular formula is C39H52O8. The first kappa shape index (κ1) is 34.6. The van der Waals surface area contributed by atoms with Crippen molar-refractivity contribution in [2.75, 3.05) is 6.61 Å². The van der Waals surface area contributed by atoms with Gasteiger partial charge in [0.1, 0.15) is 17.1 Å². The van der Waals surface area contributed by atoms with Gasteiger partial charge in [-0.05, 0) is 136 Å². The van der Waals surface area contributed by atoms with Crippen LogP contribution >= 0.6 is 0 Å². The zero-order valence-electron chi connectivity index (χ0n) is 29.2. The number of carbonyl (C=O) groups is 2. The fourth-order valence-electron chi connectivity index (χ4n) is 10.1. The van der Waals surface area contributed by atoms with Gasteiger partial charge in [-0.1, -0.05) is 39.3 Å². The molecule has 0 aromatic heterocycles. The Morgan fingerprint density at radius 3 is 2.15 bits per heavy atom. The number of aliphatic carboxylic acids is 1. The molecule has 0 heterocycles. The van der Waals surface area contributed by atoms with Crippen molar-refractivity contribution in [3.05, 3.63) is 57.7 Å². The molecule has 4 aliphatic rings. The Morgan fingerprint density at radius 2 is 1.53 bits per heavy atom. The second-order valence-electron chi connectivity index (χ2n) is 16.0. The normalized spacial score (nSPS) is 33.9. The highest BCUT2D eigenvalue weighted by Crippen LogP contribution is 2.74. The van der Waals surface area contributed by atoms with Crippen molar-refractivity contribution in [2.24, 2.45) is 27.6 Å². The topological polar surface area (TPSA) is 145 Å². The summed E-state index contributed by atoms with van der Waals surface area (Å²) >= 11 is 0. The monoisotopic (exact) mass is 648 g/mol. The standard InChI is InChI=1S/C29H40O4.C10H12O4/c1-17-18-7-8-21-27(4,19(18)15-20(30)23(17)31)12-14-29(6)22-16-26(3,24(32)33)10-9-25(22,2)11-13-28(21,29)5;1-3-14-10(13)9-6(2)4-7(11)5-8(9)12/h8,15,22,30-31H,7,9-14,16H2,1-6H3,(H,32,33);4-5,11-12H,3H2,1-2H3. The second kappa shape index (κ2) is 11.5. The van der Waals surface area contributed by atoms with Gasteiger partial charge in [0, 0.05) is 11.5 Å². The van der Waals surface area contributed by atoms with E-state index in [0.717, 1.165) is 68.6 Å². The van der Waals surface area contributed by atoms with Crippen molar-refractivity contribution in [1.82, 2.24) is 0 Å². The molecule has 47 heavy (non-hydrogen) atoms. The Bertz CT molecular complexity index is 1640. The molecule has 3 saturated carbocycles. The number of phenolic OH excluding ortho intramolecular Hbond substituents is 4. The molecule has 5 N–H and O–H groups in total. The molecule has 0 amide bonds. The number of rotatable bonds is 3. The average Bonchev–Trinajstić information content (AvgIpc) is 2.98. The number of carboxylic acids is 1. The summed E-state index contributed by atoms with van der Waals surface area (Å²) in [6.45, 7) is 17.1. The molecule has 8 heteroatoms. The smallest absolute Gasteiger partial charge is 0.342 e. The van der Waals surface area contributed by atoms with Gasteiger partial charge in [0.05, 0.1) is 12.0 Å². The average molecular weight is 649 g/mol. The van der Waals surface area contributed by atoms with E-state index in [0.29, 0.717) is 11.5 Å². The fraction of sp³-hybridized carbons (Fsp3) is 0.590. The van der Waals surface area contributed by atoms with Crippen molar-refractivity contribution in [3.63, 3.8) is 0 Å². The number of carbonyl (C=O) groups excluding carboxylic acids is 1. The summed E-state index contributed by atoms with van der Waals surface area (Å²) in [6, 6.07) is 4.32. The molecule has 0 spiro atoms. The molecule has 0 radical (unpaired) electrons. The van der Waals surface area contributed by atoms with Crippen LogP contribution in [0.4, 0.5) is 0 Å². The summed E-state index contributed by atoms with van der Waals surface area (Å²) < 4.78 is 4.75. The molecule has 0 aliphatic heterocycles. The summed E-state index contributed by atoms with van der Waals surface area (Å²) in [7, 11) is 0. The third-order valence-electron chi connectivity index (χ3n) is 13.4. The van der Waals surface area contributed by atoms with Crippen molar-refractivity contribution in [1.29, 1.82) is 0 Å². The predicted molar refractivity (Wildman–Crippen MR) is 180 cm³/mol. The lowest BCUT2D eigenvalue weighted by Crippen LogP contribution is -2.62. The number of aromatic hydroxyl groups is 4. The number of esters is 1. The lowest BCUT2D eigenvalue weighted by molar-refractivity contribution is -0.177. The van der Waals surface area contributed by atoms with Crippen LogP contribution in [0.1, 0.15) is 119 Å². The van der Waals surface area contributed by atoms with Gasteiger partial charge in [-0.15, -0.1) is 0 Å². The van der Waals surface area contributed by atoms with E-state index in [1.54, 1.807) is 13.8 Å². The molecule has 2 aromatic rings. The molecule has 0 saturated heterocycles. The van der Waals surface area contributed by atoms with E-state index in [-0.39, 0.29) is 56.8 Å². The van der Waals surface area contributed by atoms with Gasteiger partial charge in [0.2, 0.25) is 0 Å². The Kier molecular flexibility index (Phi) is 8.47. The number of fused-ring (bicyclic) bond motifs is 7. The largest absolute Gasteiger partial charge is 0.508 e. The van der Waals surface area contributed by atoms with Crippen LogP contribution in [-0.4, -0.2) is 44.1 Å². The summed E-state index contributed by atoms with van der Waals surface area (Å²) in [4.78, 5) is 23.6. The molecular weight excluding hydrogens is 596 g/mol. The number of hydrogen-bond acceptors (Lipinski definition) is 7. The SMILES string of the molecule is CCOC(=O)c1c(C)cc(O)cc1O.Cc1c(O)c(O)cc2c1CC=C1C2(C)CCC2(C)C3CC(C)(C(=O)O)CCC3(C)CCC12C. The van der Waals surface area contributed by atoms with E-state index >= 15 is 0 Å². The van der Waals surface area contributed by atoms with Gasteiger partial charge in [-0.2, -0.15) is 0 Å². The third-order valence-corrected chi connectivity index (χ3v) is 13.4. The lowest BCUT2D eigenvalue weighted by Gasteiger charge is -2.69. The van der Waals surface area contributed by atoms with Crippen LogP contribution in [0.25, 0.3) is 0 Å².